The maximum absolute atomic E-state index is 11.8. The molecule has 1 heterocycles. The molecule has 0 saturated carbocycles. The fraction of sp³-hybridized carbons (Fsp3) is 0.375. The molecule has 5 nitrogen and oxygen atoms in total. The molecule has 0 spiro atoms. The zero-order valence-corrected chi connectivity index (χ0v) is 12.9. The summed E-state index contributed by atoms with van der Waals surface area (Å²) < 4.78 is 5.21. The number of rotatable bonds is 3. The Labute approximate surface area is 124 Å². The molecule has 0 fully saturated rings. The highest BCUT2D eigenvalue weighted by Crippen LogP contribution is 2.24. The van der Waals surface area contributed by atoms with E-state index >= 15 is 0 Å². The standard InChI is InChI=1S/C16H21N3O2/c1-11-5-7-12(8-6-11)10-17-15(20)18-14-9-13(21-19-14)16(2,3)4/h5-9H,10H2,1-4H3,(H2,17,18,19,20). The van der Waals surface area contributed by atoms with Gasteiger partial charge in [0.1, 0.15) is 5.76 Å². The fourth-order valence-corrected chi connectivity index (χ4v) is 1.74. The van der Waals surface area contributed by atoms with Crippen molar-refractivity contribution in [2.24, 2.45) is 0 Å². The van der Waals surface area contributed by atoms with Crippen molar-refractivity contribution in [1.82, 2.24) is 10.5 Å². The Kier molecular flexibility index (Phi) is 4.31. The molecule has 21 heavy (non-hydrogen) atoms. The van der Waals surface area contributed by atoms with Crippen LogP contribution in [0.25, 0.3) is 0 Å². The number of amides is 2. The number of anilines is 1. The minimum atomic E-state index is -0.302. The van der Waals surface area contributed by atoms with Crippen LogP contribution in [-0.4, -0.2) is 11.2 Å². The largest absolute Gasteiger partial charge is 0.359 e. The van der Waals surface area contributed by atoms with E-state index in [-0.39, 0.29) is 11.4 Å². The summed E-state index contributed by atoms with van der Waals surface area (Å²) in [6.45, 7) is 8.57. The summed E-state index contributed by atoms with van der Waals surface area (Å²) in [6.07, 6.45) is 0. The first-order chi connectivity index (χ1) is 9.84. The van der Waals surface area contributed by atoms with Gasteiger partial charge in [-0.05, 0) is 12.5 Å². The summed E-state index contributed by atoms with van der Waals surface area (Å²) in [7, 11) is 0. The summed E-state index contributed by atoms with van der Waals surface area (Å²) in [5.74, 6) is 1.15. The van der Waals surface area contributed by atoms with Gasteiger partial charge in [0.2, 0.25) is 0 Å². The van der Waals surface area contributed by atoms with Crippen molar-refractivity contribution < 1.29 is 9.32 Å². The van der Waals surface area contributed by atoms with E-state index in [1.165, 1.54) is 5.56 Å². The van der Waals surface area contributed by atoms with Crippen molar-refractivity contribution in [3.05, 3.63) is 47.2 Å². The lowest BCUT2D eigenvalue weighted by Gasteiger charge is -2.12. The van der Waals surface area contributed by atoms with Gasteiger partial charge in [0, 0.05) is 18.0 Å². The third-order valence-electron chi connectivity index (χ3n) is 3.06. The SMILES string of the molecule is Cc1ccc(CNC(=O)Nc2cc(C(C)(C)C)on2)cc1. The number of hydrogen-bond acceptors (Lipinski definition) is 3. The van der Waals surface area contributed by atoms with Gasteiger partial charge < -0.3 is 9.84 Å². The van der Waals surface area contributed by atoms with Gasteiger partial charge in [0.05, 0.1) is 0 Å². The minimum Gasteiger partial charge on any atom is -0.359 e. The van der Waals surface area contributed by atoms with Gasteiger partial charge in [-0.15, -0.1) is 0 Å². The summed E-state index contributed by atoms with van der Waals surface area (Å²) in [6, 6.07) is 9.45. The van der Waals surface area contributed by atoms with Crippen LogP contribution in [0.15, 0.2) is 34.9 Å². The van der Waals surface area contributed by atoms with Gasteiger partial charge in [0.25, 0.3) is 0 Å². The number of benzene rings is 1. The number of urea groups is 1. The van der Waals surface area contributed by atoms with Crippen LogP contribution in [0.4, 0.5) is 10.6 Å². The maximum atomic E-state index is 11.8. The van der Waals surface area contributed by atoms with Crippen molar-refractivity contribution in [3.63, 3.8) is 0 Å². The molecular weight excluding hydrogens is 266 g/mol. The van der Waals surface area contributed by atoms with Crippen molar-refractivity contribution in [2.75, 3.05) is 5.32 Å². The Balaban J connectivity index is 1.87. The topological polar surface area (TPSA) is 67.2 Å². The molecule has 5 heteroatoms. The van der Waals surface area contributed by atoms with Crippen LogP contribution in [-0.2, 0) is 12.0 Å². The molecule has 2 N–H and O–H groups in total. The predicted octanol–water partition coefficient (Wildman–Crippen LogP) is 3.60. The first-order valence-corrected chi connectivity index (χ1v) is 6.92. The Bertz CT molecular complexity index is 609. The minimum absolute atomic E-state index is 0.134. The molecule has 2 amide bonds. The van der Waals surface area contributed by atoms with Gasteiger partial charge in [-0.1, -0.05) is 55.8 Å². The molecule has 0 aliphatic heterocycles. The van der Waals surface area contributed by atoms with Gasteiger partial charge in [-0.2, -0.15) is 0 Å². The van der Waals surface area contributed by atoms with E-state index in [1.807, 2.05) is 52.0 Å². The zero-order valence-electron chi connectivity index (χ0n) is 12.9. The molecule has 0 aliphatic carbocycles. The highest BCUT2D eigenvalue weighted by molar-refractivity contribution is 5.88. The van der Waals surface area contributed by atoms with Gasteiger partial charge in [-0.25, -0.2) is 4.79 Å². The maximum Gasteiger partial charge on any atom is 0.320 e. The van der Waals surface area contributed by atoms with Gasteiger partial charge in [-0.3, -0.25) is 5.32 Å². The predicted molar refractivity (Wildman–Crippen MR) is 82.2 cm³/mol. The monoisotopic (exact) mass is 287 g/mol. The van der Waals surface area contributed by atoms with E-state index in [0.29, 0.717) is 12.4 Å². The molecule has 2 rings (SSSR count). The van der Waals surface area contributed by atoms with E-state index in [0.717, 1.165) is 11.3 Å². The molecule has 0 radical (unpaired) electrons. The summed E-state index contributed by atoms with van der Waals surface area (Å²) in [5, 5.41) is 9.29. The fourth-order valence-electron chi connectivity index (χ4n) is 1.74. The van der Waals surface area contributed by atoms with Crippen molar-refractivity contribution in [3.8, 4) is 0 Å². The van der Waals surface area contributed by atoms with Crippen molar-refractivity contribution >= 4 is 11.8 Å². The lowest BCUT2D eigenvalue weighted by molar-refractivity contribution is 0.251. The van der Waals surface area contributed by atoms with Crippen LogP contribution >= 0.6 is 0 Å². The van der Waals surface area contributed by atoms with Crippen LogP contribution in [0.1, 0.15) is 37.7 Å². The molecule has 1 aromatic carbocycles. The van der Waals surface area contributed by atoms with E-state index in [4.69, 9.17) is 4.52 Å². The molecular formula is C16H21N3O2. The third-order valence-corrected chi connectivity index (χ3v) is 3.06. The van der Waals surface area contributed by atoms with Gasteiger partial charge >= 0.3 is 6.03 Å². The number of nitrogens with zero attached hydrogens (tertiary/aromatic N) is 1. The second kappa shape index (κ2) is 5.99. The first kappa shape index (κ1) is 15.1. The summed E-state index contributed by atoms with van der Waals surface area (Å²) in [4.78, 5) is 11.8. The Morgan fingerprint density at radius 2 is 1.90 bits per heavy atom. The van der Waals surface area contributed by atoms with E-state index in [9.17, 15) is 4.79 Å². The number of aromatic nitrogens is 1. The normalized spacial score (nSPS) is 11.2. The van der Waals surface area contributed by atoms with Crippen LogP contribution in [0.5, 0.6) is 0 Å². The number of hydrogen-bond donors (Lipinski definition) is 2. The van der Waals surface area contributed by atoms with E-state index in [1.54, 1.807) is 6.07 Å². The second-order valence-corrected chi connectivity index (χ2v) is 6.12. The summed E-state index contributed by atoms with van der Waals surface area (Å²) >= 11 is 0. The number of nitrogens with one attached hydrogen (secondary N) is 2. The Morgan fingerprint density at radius 1 is 1.24 bits per heavy atom. The third kappa shape index (κ3) is 4.34. The Hall–Kier alpha value is -2.30. The van der Waals surface area contributed by atoms with Crippen molar-refractivity contribution in [1.29, 1.82) is 0 Å². The number of carbonyl (C=O) groups is 1. The number of aryl methyl sites for hydroxylation is 1. The average Bonchev–Trinajstić information content (AvgIpc) is 2.86. The quantitative estimate of drug-likeness (QED) is 0.906. The lowest BCUT2D eigenvalue weighted by atomic mass is 9.93. The highest BCUT2D eigenvalue weighted by Gasteiger charge is 2.20. The second-order valence-electron chi connectivity index (χ2n) is 6.12. The van der Waals surface area contributed by atoms with Crippen LogP contribution < -0.4 is 10.6 Å². The lowest BCUT2D eigenvalue weighted by Crippen LogP contribution is -2.28. The average molecular weight is 287 g/mol. The van der Waals surface area contributed by atoms with E-state index in [2.05, 4.69) is 15.8 Å². The van der Waals surface area contributed by atoms with Crippen LogP contribution in [0, 0.1) is 6.92 Å². The van der Waals surface area contributed by atoms with Crippen LogP contribution in [0.2, 0.25) is 0 Å². The van der Waals surface area contributed by atoms with Crippen molar-refractivity contribution in [2.45, 2.75) is 39.7 Å². The zero-order chi connectivity index (χ0) is 15.5. The molecule has 0 atom stereocenters. The molecule has 1 aromatic heterocycles. The summed E-state index contributed by atoms with van der Waals surface area (Å²) in [5.41, 5.74) is 2.11. The van der Waals surface area contributed by atoms with Crippen LogP contribution in [0.3, 0.4) is 0 Å². The smallest absolute Gasteiger partial charge is 0.320 e. The van der Waals surface area contributed by atoms with E-state index < -0.39 is 0 Å². The molecule has 0 unspecified atom stereocenters. The molecule has 2 aromatic rings. The highest BCUT2D eigenvalue weighted by atomic mass is 16.5. The molecule has 0 bridgehead atoms. The molecule has 112 valence electrons. The first-order valence-electron chi connectivity index (χ1n) is 6.92. The Morgan fingerprint density at radius 3 is 2.48 bits per heavy atom. The number of carbonyl (C=O) groups excluding carboxylic acids is 1. The molecule has 0 saturated heterocycles. The van der Waals surface area contributed by atoms with Gasteiger partial charge in [0.15, 0.2) is 5.82 Å². The molecule has 0 aliphatic rings.